The van der Waals surface area contributed by atoms with Gasteiger partial charge in [0.25, 0.3) is 0 Å². The third-order valence-corrected chi connectivity index (χ3v) is 18.1. The van der Waals surface area contributed by atoms with Gasteiger partial charge in [0.15, 0.2) is 0 Å². The van der Waals surface area contributed by atoms with Crippen LogP contribution in [-0.4, -0.2) is 14.7 Å². The van der Waals surface area contributed by atoms with Crippen molar-refractivity contribution in [3.63, 3.8) is 0 Å². The van der Waals surface area contributed by atoms with E-state index in [4.69, 9.17) is 14.7 Å². The summed E-state index contributed by atoms with van der Waals surface area (Å²) < 4.78 is 6.85. The van der Waals surface area contributed by atoms with Gasteiger partial charge in [-0.25, -0.2) is 0 Å². The molecule has 3 N–H and O–H groups in total. The van der Waals surface area contributed by atoms with Crippen LogP contribution in [0.1, 0.15) is 158 Å². The molecule has 37 heavy (non-hydrogen) atoms. The summed E-state index contributed by atoms with van der Waals surface area (Å²) in [7, 11) is -2.62. The van der Waals surface area contributed by atoms with Gasteiger partial charge in [-0.3, -0.25) is 0 Å². The SMILES string of the molecule is CCCCC(CC)[CH2][Ti]([CH2]C(CC)CCCC)([CH2]C(CC)CCCC)[CH2]C(CC)CCCC.OP(O)O. The Morgan fingerprint density at radius 1 is 0.432 bits per heavy atom. The van der Waals surface area contributed by atoms with Crippen molar-refractivity contribution in [2.75, 3.05) is 0 Å². The van der Waals surface area contributed by atoms with Crippen molar-refractivity contribution in [3.05, 3.63) is 0 Å². The van der Waals surface area contributed by atoms with E-state index in [-0.39, 0.29) is 0 Å². The Morgan fingerprint density at radius 3 is 0.757 bits per heavy atom. The second-order valence-corrected chi connectivity index (χ2v) is 20.0. The van der Waals surface area contributed by atoms with Crippen molar-refractivity contribution in [1.29, 1.82) is 0 Å². The van der Waals surface area contributed by atoms with Crippen LogP contribution in [0.2, 0.25) is 18.9 Å². The quantitative estimate of drug-likeness (QED) is 0.0783. The zero-order chi connectivity index (χ0) is 28.5. The molecule has 0 aliphatic carbocycles. The fourth-order valence-electron chi connectivity index (χ4n) is 6.72. The van der Waals surface area contributed by atoms with Crippen molar-refractivity contribution in [1.82, 2.24) is 0 Å². The number of rotatable bonds is 24. The third-order valence-electron chi connectivity index (χ3n) is 9.06. The zero-order valence-corrected chi connectivity index (χ0v) is 29.2. The minimum Gasteiger partial charge on any atom is -0.328 e. The standard InChI is InChI=1S/4C8H17.H3O3P.Ti/c4*1-4-6-7-8(3)5-2;1-4(2)3;/h4*8H,3-7H2,1-2H3;1-3H;. The van der Waals surface area contributed by atoms with Gasteiger partial charge in [-0.05, 0) is 0 Å². The second-order valence-electron chi connectivity index (χ2n) is 12.3. The maximum Gasteiger partial charge on any atom is 0.324 e. The first-order valence-electron chi connectivity index (χ1n) is 16.6. The van der Waals surface area contributed by atoms with E-state index in [1.165, 1.54) is 103 Å². The molecule has 226 valence electrons. The summed E-state index contributed by atoms with van der Waals surface area (Å²) in [5, 5.41) is 0. The molecule has 0 heterocycles. The van der Waals surface area contributed by atoms with E-state index >= 15 is 0 Å². The van der Waals surface area contributed by atoms with Gasteiger partial charge in [-0.15, -0.1) is 0 Å². The van der Waals surface area contributed by atoms with Gasteiger partial charge in [-0.1, -0.05) is 0 Å². The first kappa shape index (κ1) is 40.2. The van der Waals surface area contributed by atoms with Crippen molar-refractivity contribution >= 4 is 8.60 Å². The minimum absolute atomic E-state index is 1.03. The summed E-state index contributed by atoms with van der Waals surface area (Å²) in [4.78, 5) is 21.7. The van der Waals surface area contributed by atoms with Crippen LogP contribution in [0.25, 0.3) is 0 Å². The summed E-state index contributed by atoms with van der Waals surface area (Å²) in [5.74, 6) is 4.11. The van der Waals surface area contributed by atoms with E-state index in [0.29, 0.717) is 0 Å². The maximum absolute atomic E-state index is 7.23. The molecule has 0 radical (unpaired) electrons. The Labute approximate surface area is 239 Å². The van der Waals surface area contributed by atoms with E-state index in [2.05, 4.69) is 55.4 Å². The summed E-state index contributed by atoms with van der Waals surface area (Å²) in [6, 6.07) is 0. The fourth-order valence-corrected chi connectivity index (χ4v) is 19.0. The summed E-state index contributed by atoms with van der Waals surface area (Å²) >= 11 is -2.00. The predicted molar refractivity (Wildman–Crippen MR) is 166 cm³/mol. The molecule has 0 aliphatic heterocycles. The molecule has 0 saturated carbocycles. The van der Waals surface area contributed by atoms with Crippen LogP contribution in [-0.2, 0) is 16.6 Å². The summed E-state index contributed by atoms with van der Waals surface area (Å²) in [6.45, 7) is 19.7. The Morgan fingerprint density at radius 2 is 0.622 bits per heavy atom. The predicted octanol–water partition coefficient (Wildman–Crippen LogP) is 11.9. The van der Waals surface area contributed by atoms with Crippen LogP contribution in [0.15, 0.2) is 0 Å². The van der Waals surface area contributed by atoms with Crippen molar-refractivity contribution in [3.8, 4) is 0 Å². The normalized spacial score (nSPS) is 16.5. The van der Waals surface area contributed by atoms with Gasteiger partial charge in [0, 0.05) is 0 Å². The maximum atomic E-state index is 7.23. The second kappa shape index (κ2) is 27.2. The van der Waals surface area contributed by atoms with Gasteiger partial charge < -0.3 is 14.7 Å². The Balaban J connectivity index is 0. The molecular formula is C32H71O3PTi. The molecule has 0 aromatic heterocycles. The molecule has 0 aromatic rings. The van der Waals surface area contributed by atoms with Crippen LogP contribution >= 0.6 is 8.60 Å². The molecule has 0 saturated heterocycles. The Hall–Kier alpha value is 1.02. The summed E-state index contributed by atoms with van der Waals surface area (Å²) in [5.41, 5.74) is 0. The molecule has 4 unspecified atom stereocenters. The van der Waals surface area contributed by atoms with Gasteiger partial charge in [0.05, 0.1) is 0 Å². The van der Waals surface area contributed by atoms with Crippen molar-refractivity contribution in [2.24, 2.45) is 23.7 Å². The smallest absolute Gasteiger partial charge is 0.324 e. The molecule has 5 heteroatoms. The number of hydrogen-bond donors (Lipinski definition) is 3. The molecule has 0 aromatic carbocycles. The average molecular weight is 583 g/mol. The van der Waals surface area contributed by atoms with Crippen LogP contribution < -0.4 is 0 Å². The first-order valence-corrected chi connectivity index (χ1v) is 22.2. The van der Waals surface area contributed by atoms with E-state index in [0.717, 1.165) is 23.7 Å². The van der Waals surface area contributed by atoms with E-state index in [1.54, 1.807) is 18.9 Å². The molecule has 0 fully saturated rings. The zero-order valence-electron chi connectivity index (χ0n) is 26.7. The van der Waals surface area contributed by atoms with Crippen LogP contribution in [0.4, 0.5) is 0 Å². The Bertz CT molecular complexity index is 383. The molecule has 0 spiro atoms. The van der Waals surface area contributed by atoms with Gasteiger partial charge in [0.2, 0.25) is 0 Å². The van der Waals surface area contributed by atoms with E-state index in [9.17, 15) is 0 Å². The number of hydrogen-bond acceptors (Lipinski definition) is 3. The van der Waals surface area contributed by atoms with Crippen molar-refractivity contribution < 1.29 is 31.3 Å². The van der Waals surface area contributed by atoms with Crippen LogP contribution in [0.5, 0.6) is 0 Å². The van der Waals surface area contributed by atoms with E-state index in [1.807, 2.05) is 0 Å². The molecule has 0 bridgehead atoms. The molecule has 0 amide bonds. The average Bonchev–Trinajstić information content (AvgIpc) is 2.88. The monoisotopic (exact) mass is 582 g/mol. The van der Waals surface area contributed by atoms with E-state index < -0.39 is 25.2 Å². The van der Waals surface area contributed by atoms with Gasteiger partial charge in [0.1, 0.15) is 0 Å². The largest absolute Gasteiger partial charge is 0.328 e. The molecular weight excluding hydrogens is 511 g/mol. The summed E-state index contributed by atoms with van der Waals surface area (Å²) in [6.07, 6.45) is 23.2. The molecule has 3 nitrogen and oxygen atoms in total. The number of unbranched alkanes of at least 4 members (excludes halogenated alkanes) is 4. The topological polar surface area (TPSA) is 60.7 Å². The Kier molecular flexibility index (Phi) is 29.5. The van der Waals surface area contributed by atoms with Crippen LogP contribution in [0, 0.1) is 23.7 Å². The fraction of sp³-hybridized carbons (Fsp3) is 1.00. The van der Waals surface area contributed by atoms with Crippen LogP contribution in [0.3, 0.4) is 0 Å². The molecule has 0 rings (SSSR count). The minimum atomic E-state index is -2.62. The third kappa shape index (κ3) is 22.4. The van der Waals surface area contributed by atoms with Gasteiger partial charge in [-0.2, -0.15) is 0 Å². The van der Waals surface area contributed by atoms with Crippen molar-refractivity contribution in [2.45, 2.75) is 177 Å². The first-order chi connectivity index (χ1) is 17.7. The van der Waals surface area contributed by atoms with Gasteiger partial charge >= 0.3 is 226 Å². The molecule has 4 atom stereocenters. The molecule has 0 aliphatic rings.